The van der Waals surface area contributed by atoms with Crippen molar-refractivity contribution < 1.29 is 28.8 Å². The predicted octanol–water partition coefficient (Wildman–Crippen LogP) is -0.0317. The highest BCUT2D eigenvalue weighted by molar-refractivity contribution is 6.28. The molecule has 0 aromatic rings. The van der Waals surface area contributed by atoms with Crippen molar-refractivity contribution in [1.82, 2.24) is 20.4 Å². The number of nitrogens with zero attached hydrogens (tertiary/aromatic N) is 2. The molecule has 0 saturated carbocycles. The minimum absolute atomic E-state index is 0.0686. The number of amides is 5. The van der Waals surface area contributed by atoms with Crippen LogP contribution in [0.25, 0.3) is 0 Å². The first-order valence-electron chi connectivity index (χ1n) is 10.8. The van der Waals surface area contributed by atoms with Crippen LogP contribution in [0.15, 0.2) is 0 Å². The van der Waals surface area contributed by atoms with Crippen LogP contribution < -0.4 is 10.6 Å². The van der Waals surface area contributed by atoms with Gasteiger partial charge in [0.1, 0.15) is 18.1 Å². The van der Waals surface area contributed by atoms with Gasteiger partial charge in [-0.1, -0.05) is 13.8 Å². The molecule has 32 heavy (non-hydrogen) atoms. The quantitative estimate of drug-likeness (QED) is 0.359. The van der Waals surface area contributed by atoms with Crippen LogP contribution in [-0.4, -0.2) is 81.7 Å². The van der Waals surface area contributed by atoms with E-state index in [-0.39, 0.29) is 30.4 Å². The molecule has 2 aliphatic rings. The van der Waals surface area contributed by atoms with Gasteiger partial charge in [0.25, 0.3) is 0 Å². The summed E-state index contributed by atoms with van der Waals surface area (Å²) in [5.74, 6) is -3.03. The first-order valence-corrected chi connectivity index (χ1v) is 11.4. The minimum atomic E-state index is -1.03. The molecule has 2 fully saturated rings. The summed E-state index contributed by atoms with van der Waals surface area (Å²) in [6.45, 7) is 6.84. The Morgan fingerprint density at radius 1 is 1.03 bits per heavy atom. The number of hydrogen-bond acceptors (Lipinski definition) is 6. The number of halogens is 1. The average molecular weight is 471 g/mol. The number of nitrogens with one attached hydrogen (secondary N) is 2. The Bertz CT molecular complexity index is 785. The SMILES string of the molecule is CC(C)[C@H](NC(=O)[C@@H]1CCCN1C(=O)[C@H](C)NC(=O)C(C)N1C(=O)CCC1=O)C(=O)CCl. The fourth-order valence-electron chi connectivity index (χ4n) is 4.04. The maximum absolute atomic E-state index is 13.0. The molecule has 2 aliphatic heterocycles. The highest BCUT2D eigenvalue weighted by Gasteiger charge is 2.40. The number of likely N-dealkylation sites (tertiary alicyclic amines) is 2. The van der Waals surface area contributed by atoms with E-state index in [1.165, 1.54) is 18.7 Å². The number of carbonyl (C=O) groups excluding carboxylic acids is 6. The van der Waals surface area contributed by atoms with Crippen LogP contribution >= 0.6 is 11.6 Å². The summed E-state index contributed by atoms with van der Waals surface area (Å²) in [6, 6.07) is -3.49. The molecule has 178 valence electrons. The van der Waals surface area contributed by atoms with E-state index >= 15 is 0 Å². The summed E-state index contributed by atoms with van der Waals surface area (Å²) >= 11 is 5.64. The lowest BCUT2D eigenvalue weighted by atomic mass is 10.00. The van der Waals surface area contributed by atoms with E-state index < -0.39 is 53.7 Å². The minimum Gasteiger partial charge on any atom is -0.344 e. The van der Waals surface area contributed by atoms with Crippen molar-refractivity contribution in [2.45, 2.75) is 77.5 Å². The summed E-state index contributed by atoms with van der Waals surface area (Å²) in [7, 11) is 0. The second-order valence-corrected chi connectivity index (χ2v) is 8.85. The molecule has 4 atom stereocenters. The Hall–Kier alpha value is -2.49. The lowest BCUT2D eigenvalue weighted by Crippen LogP contribution is -2.57. The van der Waals surface area contributed by atoms with Crippen LogP contribution in [0, 0.1) is 5.92 Å². The average Bonchev–Trinajstić information content (AvgIpc) is 3.36. The van der Waals surface area contributed by atoms with Gasteiger partial charge in [-0.15, -0.1) is 11.6 Å². The van der Waals surface area contributed by atoms with Gasteiger partial charge >= 0.3 is 0 Å². The van der Waals surface area contributed by atoms with Crippen molar-refractivity contribution in [3.63, 3.8) is 0 Å². The zero-order chi connectivity index (χ0) is 24.2. The van der Waals surface area contributed by atoms with E-state index in [4.69, 9.17) is 11.6 Å². The summed E-state index contributed by atoms with van der Waals surface area (Å²) < 4.78 is 0. The highest BCUT2D eigenvalue weighted by Crippen LogP contribution is 2.20. The van der Waals surface area contributed by atoms with Crippen LogP contribution in [0.1, 0.15) is 53.4 Å². The smallest absolute Gasteiger partial charge is 0.245 e. The molecule has 11 heteroatoms. The van der Waals surface area contributed by atoms with Crippen molar-refractivity contribution in [3.8, 4) is 0 Å². The zero-order valence-corrected chi connectivity index (χ0v) is 19.6. The molecule has 1 unspecified atom stereocenters. The molecule has 2 heterocycles. The van der Waals surface area contributed by atoms with Crippen molar-refractivity contribution in [2.24, 2.45) is 5.92 Å². The summed E-state index contributed by atoms with van der Waals surface area (Å²) in [5.41, 5.74) is 0. The monoisotopic (exact) mass is 470 g/mol. The fraction of sp³-hybridized carbons (Fsp3) is 0.714. The van der Waals surface area contributed by atoms with E-state index in [0.717, 1.165) is 4.90 Å². The molecule has 0 spiro atoms. The summed E-state index contributed by atoms with van der Waals surface area (Å²) in [4.78, 5) is 76.4. The van der Waals surface area contributed by atoms with Gasteiger partial charge in [0.05, 0.1) is 11.9 Å². The van der Waals surface area contributed by atoms with E-state index in [9.17, 15) is 28.8 Å². The molecule has 0 aromatic heterocycles. The fourth-order valence-corrected chi connectivity index (χ4v) is 4.21. The Morgan fingerprint density at radius 2 is 1.62 bits per heavy atom. The van der Waals surface area contributed by atoms with Crippen molar-refractivity contribution in [2.75, 3.05) is 12.4 Å². The van der Waals surface area contributed by atoms with Crippen LogP contribution in [0.5, 0.6) is 0 Å². The first kappa shape index (κ1) is 25.8. The van der Waals surface area contributed by atoms with Gasteiger partial charge in [0, 0.05) is 19.4 Å². The number of alkyl halides is 1. The maximum Gasteiger partial charge on any atom is 0.245 e. The molecule has 2 rings (SSSR count). The normalized spacial score (nSPS) is 21.5. The molecule has 5 amide bonds. The summed E-state index contributed by atoms with van der Waals surface area (Å²) in [5, 5.41) is 5.24. The van der Waals surface area contributed by atoms with Gasteiger partial charge in [0.2, 0.25) is 29.5 Å². The predicted molar refractivity (Wildman–Crippen MR) is 115 cm³/mol. The van der Waals surface area contributed by atoms with Crippen molar-refractivity contribution in [1.29, 1.82) is 0 Å². The molecular formula is C21H31ClN4O6. The Kier molecular flexibility index (Phi) is 8.77. The molecular weight excluding hydrogens is 440 g/mol. The lowest BCUT2D eigenvalue weighted by Gasteiger charge is -2.30. The lowest BCUT2D eigenvalue weighted by molar-refractivity contribution is -0.147. The number of ketones is 1. The first-order chi connectivity index (χ1) is 15.0. The maximum atomic E-state index is 13.0. The molecule has 10 nitrogen and oxygen atoms in total. The van der Waals surface area contributed by atoms with Crippen LogP contribution in [0.4, 0.5) is 0 Å². The van der Waals surface area contributed by atoms with Gasteiger partial charge in [0.15, 0.2) is 5.78 Å². The largest absolute Gasteiger partial charge is 0.344 e. The molecule has 0 aromatic carbocycles. The third kappa shape index (κ3) is 5.65. The van der Waals surface area contributed by atoms with Gasteiger partial charge in [-0.3, -0.25) is 33.7 Å². The van der Waals surface area contributed by atoms with Gasteiger partial charge in [-0.25, -0.2) is 0 Å². The third-order valence-corrected chi connectivity index (χ3v) is 6.13. The molecule has 2 N–H and O–H groups in total. The van der Waals surface area contributed by atoms with E-state index in [1.54, 1.807) is 13.8 Å². The van der Waals surface area contributed by atoms with E-state index in [0.29, 0.717) is 19.4 Å². The van der Waals surface area contributed by atoms with Crippen molar-refractivity contribution >= 4 is 46.9 Å². The third-order valence-electron chi connectivity index (χ3n) is 5.87. The van der Waals surface area contributed by atoms with Crippen LogP contribution in [0.2, 0.25) is 0 Å². The Labute approximate surface area is 192 Å². The van der Waals surface area contributed by atoms with Crippen LogP contribution in [0.3, 0.4) is 0 Å². The molecule has 0 radical (unpaired) electrons. The number of rotatable bonds is 9. The standard InChI is InChI=1S/C21H31ClN4O6/c1-11(2)18(15(27)10-22)24-20(31)14-6-5-9-25(14)21(32)12(3)23-19(30)13(4)26-16(28)7-8-17(26)29/h11-14,18H,5-10H2,1-4H3,(H,23,30)(H,24,31)/t12-,13?,14-,18-/m0/s1. The summed E-state index contributed by atoms with van der Waals surface area (Å²) in [6.07, 6.45) is 1.18. The van der Waals surface area contributed by atoms with Gasteiger partial charge in [-0.2, -0.15) is 0 Å². The number of Topliss-reactive ketones (excluding diaryl/α,β-unsaturated/α-hetero) is 1. The van der Waals surface area contributed by atoms with Gasteiger partial charge in [-0.05, 0) is 32.6 Å². The highest BCUT2D eigenvalue weighted by atomic mass is 35.5. The second-order valence-electron chi connectivity index (χ2n) is 8.58. The van der Waals surface area contributed by atoms with E-state index in [1.807, 2.05) is 0 Å². The molecule has 0 aliphatic carbocycles. The number of imide groups is 1. The zero-order valence-electron chi connectivity index (χ0n) is 18.9. The van der Waals surface area contributed by atoms with Crippen molar-refractivity contribution in [3.05, 3.63) is 0 Å². The molecule has 2 saturated heterocycles. The molecule has 0 bridgehead atoms. The van der Waals surface area contributed by atoms with E-state index in [2.05, 4.69) is 10.6 Å². The second kappa shape index (κ2) is 10.9. The Balaban J connectivity index is 2.02. The topological polar surface area (TPSA) is 133 Å². The van der Waals surface area contributed by atoms with Gasteiger partial charge < -0.3 is 15.5 Å². The number of hydrogen-bond donors (Lipinski definition) is 2. The Morgan fingerprint density at radius 3 is 2.16 bits per heavy atom. The number of carbonyl (C=O) groups is 6. The van der Waals surface area contributed by atoms with Crippen LogP contribution in [-0.2, 0) is 28.8 Å².